The zero-order valence-corrected chi connectivity index (χ0v) is 16.2. The first-order valence-electron chi connectivity index (χ1n) is 8.59. The summed E-state index contributed by atoms with van der Waals surface area (Å²) in [5.41, 5.74) is 0.858. The maximum Gasteiger partial charge on any atom is 0.326 e. The number of carboxylic acids is 1. The predicted molar refractivity (Wildman–Crippen MR) is 102 cm³/mol. The molecule has 8 nitrogen and oxygen atoms in total. The van der Waals surface area contributed by atoms with E-state index in [-0.39, 0.29) is 23.6 Å². The lowest BCUT2D eigenvalue weighted by atomic mass is 10.0. The van der Waals surface area contributed by atoms with Crippen LogP contribution in [0.25, 0.3) is 0 Å². The highest BCUT2D eigenvalue weighted by Crippen LogP contribution is 2.35. The van der Waals surface area contributed by atoms with Crippen LogP contribution in [0.15, 0.2) is 23.1 Å². The lowest BCUT2D eigenvalue weighted by molar-refractivity contribution is -0.142. The molecule has 9 heteroatoms. The van der Waals surface area contributed by atoms with Crippen molar-refractivity contribution in [2.24, 2.45) is 5.92 Å². The van der Waals surface area contributed by atoms with Crippen LogP contribution in [0.5, 0.6) is 0 Å². The van der Waals surface area contributed by atoms with Gasteiger partial charge in [-0.25, -0.2) is 4.79 Å². The Morgan fingerprint density at radius 3 is 2.63 bits per heavy atom. The number of fused-ring (bicyclic) bond motifs is 1. The van der Waals surface area contributed by atoms with Crippen molar-refractivity contribution >= 4 is 41.1 Å². The number of rotatable bonds is 7. The molecule has 1 aromatic carbocycles. The van der Waals surface area contributed by atoms with E-state index in [0.29, 0.717) is 17.7 Å². The molecule has 3 amide bonds. The highest BCUT2D eigenvalue weighted by molar-refractivity contribution is 8.00. The number of nitrogens with one attached hydrogen (secondary N) is 3. The summed E-state index contributed by atoms with van der Waals surface area (Å²) in [4.78, 5) is 48.0. The molecule has 0 radical (unpaired) electrons. The number of carbonyl (C=O) groups is 4. The van der Waals surface area contributed by atoms with E-state index in [9.17, 15) is 19.2 Å². The number of aliphatic carboxylic acids is 1. The Morgan fingerprint density at radius 1 is 1.30 bits per heavy atom. The second kappa shape index (κ2) is 8.90. The lowest BCUT2D eigenvalue weighted by Crippen LogP contribution is -2.46. The van der Waals surface area contributed by atoms with E-state index >= 15 is 0 Å². The molecule has 0 fully saturated rings. The summed E-state index contributed by atoms with van der Waals surface area (Å²) in [6.45, 7) is 5.18. The molecule has 1 unspecified atom stereocenters. The Bertz CT molecular complexity index is 765. The molecule has 1 aliphatic heterocycles. The van der Waals surface area contributed by atoms with Crippen molar-refractivity contribution in [1.82, 2.24) is 10.6 Å². The molecule has 4 N–H and O–H groups in total. The first-order chi connectivity index (χ1) is 12.7. The average molecular weight is 393 g/mol. The molecule has 1 aliphatic rings. The van der Waals surface area contributed by atoms with Gasteiger partial charge in [-0.3, -0.25) is 14.4 Å². The molecule has 0 bridgehead atoms. The van der Waals surface area contributed by atoms with Crippen LogP contribution in [-0.4, -0.2) is 46.6 Å². The number of carbonyl (C=O) groups excluding carboxylic acids is 3. The zero-order chi connectivity index (χ0) is 20.1. The molecule has 2 atom stereocenters. The Hall–Kier alpha value is -2.55. The Balaban J connectivity index is 1.94. The average Bonchev–Trinajstić information content (AvgIpc) is 2.59. The molecular formula is C18H23N3O5S. The molecule has 27 heavy (non-hydrogen) atoms. The third kappa shape index (κ3) is 5.72. The number of amides is 3. The van der Waals surface area contributed by atoms with E-state index < -0.39 is 23.8 Å². The molecule has 146 valence electrons. The van der Waals surface area contributed by atoms with E-state index in [2.05, 4.69) is 16.0 Å². The fraction of sp³-hybridized carbons (Fsp3) is 0.444. The Kier molecular flexibility index (Phi) is 6.84. The van der Waals surface area contributed by atoms with Gasteiger partial charge >= 0.3 is 5.97 Å². The highest BCUT2D eigenvalue weighted by Gasteiger charge is 2.24. The smallest absolute Gasteiger partial charge is 0.326 e. The minimum absolute atomic E-state index is 0.104. The van der Waals surface area contributed by atoms with Gasteiger partial charge in [0, 0.05) is 10.5 Å². The van der Waals surface area contributed by atoms with Gasteiger partial charge in [0.2, 0.25) is 11.8 Å². The summed E-state index contributed by atoms with van der Waals surface area (Å²) in [7, 11) is 0. The van der Waals surface area contributed by atoms with Crippen molar-refractivity contribution in [2.45, 2.75) is 43.4 Å². The first-order valence-corrected chi connectivity index (χ1v) is 9.47. The van der Waals surface area contributed by atoms with Gasteiger partial charge in [-0.1, -0.05) is 13.8 Å². The van der Waals surface area contributed by atoms with Gasteiger partial charge in [0.15, 0.2) is 0 Å². The van der Waals surface area contributed by atoms with E-state index in [1.807, 2.05) is 13.8 Å². The van der Waals surface area contributed by atoms with Crippen molar-refractivity contribution in [3.8, 4) is 0 Å². The van der Waals surface area contributed by atoms with Crippen LogP contribution in [0.4, 0.5) is 5.69 Å². The molecule has 0 aliphatic carbocycles. The van der Waals surface area contributed by atoms with Crippen LogP contribution >= 0.6 is 11.8 Å². The maximum absolute atomic E-state index is 12.3. The number of thioether (sulfide) groups is 1. The fourth-order valence-corrected chi connectivity index (χ4v) is 3.48. The summed E-state index contributed by atoms with van der Waals surface area (Å²) < 4.78 is 0. The van der Waals surface area contributed by atoms with Crippen LogP contribution in [0.1, 0.15) is 37.6 Å². The first kappa shape index (κ1) is 20.8. The number of hydrogen-bond acceptors (Lipinski definition) is 5. The highest BCUT2D eigenvalue weighted by atomic mass is 32.2. The fourth-order valence-electron chi connectivity index (χ4n) is 2.55. The van der Waals surface area contributed by atoms with E-state index in [0.717, 1.165) is 4.90 Å². The van der Waals surface area contributed by atoms with Crippen LogP contribution in [0.3, 0.4) is 0 Å². The minimum Gasteiger partial charge on any atom is -0.480 e. The minimum atomic E-state index is -1.11. The topological polar surface area (TPSA) is 125 Å². The molecular weight excluding hydrogens is 370 g/mol. The van der Waals surface area contributed by atoms with Crippen LogP contribution in [0, 0.1) is 5.92 Å². The van der Waals surface area contributed by atoms with Crippen molar-refractivity contribution < 1.29 is 24.3 Å². The van der Waals surface area contributed by atoms with Gasteiger partial charge in [-0.15, -0.1) is 11.8 Å². The SMILES string of the molecule is CC(C)C[C@H](NC(=O)CNC(=O)c1ccc2c(c1)NC(=O)C(C)S2)C(=O)O. The summed E-state index contributed by atoms with van der Waals surface area (Å²) in [5.74, 6) is -2.20. The van der Waals surface area contributed by atoms with Gasteiger partial charge in [0.1, 0.15) is 6.04 Å². The molecule has 2 rings (SSSR count). The number of anilines is 1. The maximum atomic E-state index is 12.3. The summed E-state index contributed by atoms with van der Waals surface area (Å²) in [6, 6.07) is 3.92. The summed E-state index contributed by atoms with van der Waals surface area (Å²) in [6.07, 6.45) is 0.301. The van der Waals surface area contributed by atoms with Crippen LogP contribution in [-0.2, 0) is 14.4 Å². The van der Waals surface area contributed by atoms with Gasteiger partial charge in [0.05, 0.1) is 17.5 Å². The third-order valence-corrected chi connectivity index (χ3v) is 5.10. The molecule has 1 heterocycles. The van der Waals surface area contributed by atoms with Gasteiger partial charge < -0.3 is 21.1 Å². The monoisotopic (exact) mass is 393 g/mol. The van der Waals surface area contributed by atoms with Gasteiger partial charge in [0.25, 0.3) is 5.91 Å². The second-order valence-corrected chi connectivity index (χ2v) is 8.11. The number of carboxylic acid groups (broad SMARTS) is 1. The predicted octanol–water partition coefficient (Wildman–Crippen LogP) is 1.46. The lowest BCUT2D eigenvalue weighted by Gasteiger charge is -2.21. The van der Waals surface area contributed by atoms with Crippen molar-refractivity contribution in [3.63, 3.8) is 0 Å². The standard InChI is InChI=1S/C18H23N3O5S/c1-9(2)6-13(18(25)26)20-15(22)8-19-17(24)11-4-5-14-12(7-11)21-16(23)10(3)27-14/h4-5,7,9-10,13H,6,8H2,1-3H3,(H,19,24)(H,20,22)(H,21,23)(H,25,26)/t10?,13-/m0/s1. The van der Waals surface area contributed by atoms with Crippen LogP contribution < -0.4 is 16.0 Å². The molecule has 0 spiro atoms. The van der Waals surface area contributed by atoms with Gasteiger partial charge in [-0.05, 0) is 37.5 Å². The largest absolute Gasteiger partial charge is 0.480 e. The van der Waals surface area contributed by atoms with Crippen LogP contribution in [0.2, 0.25) is 0 Å². The Labute approximate surface area is 161 Å². The molecule has 0 aromatic heterocycles. The van der Waals surface area contributed by atoms with E-state index in [1.165, 1.54) is 11.8 Å². The normalized spacial score (nSPS) is 16.9. The van der Waals surface area contributed by atoms with Gasteiger partial charge in [-0.2, -0.15) is 0 Å². The van der Waals surface area contributed by atoms with E-state index in [1.54, 1.807) is 25.1 Å². The molecule has 0 saturated heterocycles. The number of hydrogen-bond donors (Lipinski definition) is 4. The van der Waals surface area contributed by atoms with Crippen molar-refractivity contribution in [3.05, 3.63) is 23.8 Å². The second-order valence-electron chi connectivity index (χ2n) is 6.73. The third-order valence-electron chi connectivity index (χ3n) is 3.92. The molecule has 1 aromatic rings. The Morgan fingerprint density at radius 2 is 2.00 bits per heavy atom. The molecule has 0 saturated carbocycles. The zero-order valence-electron chi connectivity index (χ0n) is 15.4. The number of benzene rings is 1. The quantitative estimate of drug-likeness (QED) is 0.556. The summed E-state index contributed by atoms with van der Waals surface area (Å²) >= 11 is 1.41. The van der Waals surface area contributed by atoms with E-state index in [4.69, 9.17) is 5.11 Å². The summed E-state index contributed by atoms with van der Waals surface area (Å²) in [5, 5.41) is 16.5. The van der Waals surface area contributed by atoms with Crippen molar-refractivity contribution in [2.75, 3.05) is 11.9 Å². The van der Waals surface area contributed by atoms with Crippen molar-refractivity contribution in [1.29, 1.82) is 0 Å².